The molecule has 2 N–H and O–H groups in total. The molecular formula is C12H15I2NO2. The van der Waals surface area contributed by atoms with Gasteiger partial charge in [0, 0.05) is 10.1 Å². The first-order chi connectivity index (χ1) is 8.15. The third-order valence-corrected chi connectivity index (χ3v) is 3.73. The summed E-state index contributed by atoms with van der Waals surface area (Å²) in [6.45, 7) is 0.667. The van der Waals surface area contributed by atoms with Gasteiger partial charge in [-0.15, -0.1) is 0 Å². The van der Waals surface area contributed by atoms with Crippen LogP contribution in [0.5, 0.6) is 5.75 Å². The number of phenolic OH excluding ortho intramolecular Hbond substituents is 1. The number of phenols is 1. The number of rotatable bonds is 6. The van der Waals surface area contributed by atoms with E-state index in [1.165, 1.54) is 6.42 Å². The zero-order valence-electron chi connectivity index (χ0n) is 9.38. The number of benzene rings is 1. The van der Waals surface area contributed by atoms with Crippen molar-refractivity contribution < 1.29 is 9.90 Å². The van der Waals surface area contributed by atoms with E-state index < -0.39 is 0 Å². The van der Waals surface area contributed by atoms with Gasteiger partial charge in [0.05, 0.1) is 5.56 Å². The summed E-state index contributed by atoms with van der Waals surface area (Å²) in [6.07, 6.45) is 3.30. The van der Waals surface area contributed by atoms with Crippen molar-refractivity contribution in [2.75, 3.05) is 11.0 Å². The Labute approximate surface area is 129 Å². The van der Waals surface area contributed by atoms with Crippen LogP contribution in [-0.2, 0) is 0 Å². The molecule has 0 aliphatic carbocycles. The lowest BCUT2D eigenvalue weighted by atomic mass is 10.2. The summed E-state index contributed by atoms with van der Waals surface area (Å²) >= 11 is 4.47. The molecule has 17 heavy (non-hydrogen) atoms. The lowest BCUT2D eigenvalue weighted by Gasteiger charge is -2.07. The molecule has 1 aromatic rings. The molecule has 0 spiro atoms. The summed E-state index contributed by atoms with van der Waals surface area (Å²) in [5, 5.41) is 12.4. The number of unbranched alkanes of at least 4 members (excludes halogenated alkanes) is 2. The van der Waals surface area contributed by atoms with Crippen LogP contribution in [0, 0.1) is 3.57 Å². The van der Waals surface area contributed by atoms with Gasteiger partial charge in [-0.05, 0) is 58.1 Å². The van der Waals surface area contributed by atoms with E-state index in [2.05, 4.69) is 50.5 Å². The SMILES string of the molecule is O=C(NCCCCCI)c1cc(I)ccc1O. The Bertz CT molecular complexity index is 383. The molecule has 0 saturated heterocycles. The van der Waals surface area contributed by atoms with Gasteiger partial charge in [-0.2, -0.15) is 0 Å². The molecule has 94 valence electrons. The van der Waals surface area contributed by atoms with Gasteiger partial charge in [0.1, 0.15) is 5.75 Å². The number of aromatic hydroxyl groups is 1. The zero-order valence-corrected chi connectivity index (χ0v) is 13.7. The fraction of sp³-hybridized carbons (Fsp3) is 0.417. The monoisotopic (exact) mass is 459 g/mol. The number of hydrogen-bond donors (Lipinski definition) is 2. The second-order valence-electron chi connectivity index (χ2n) is 3.67. The van der Waals surface area contributed by atoms with Gasteiger partial charge >= 0.3 is 0 Å². The smallest absolute Gasteiger partial charge is 0.255 e. The van der Waals surface area contributed by atoms with Crippen molar-refractivity contribution in [3.8, 4) is 5.75 Å². The van der Waals surface area contributed by atoms with Gasteiger partial charge in [0.15, 0.2) is 0 Å². The average molecular weight is 459 g/mol. The van der Waals surface area contributed by atoms with Crippen molar-refractivity contribution in [3.05, 3.63) is 27.3 Å². The molecule has 0 atom stereocenters. The van der Waals surface area contributed by atoms with E-state index in [4.69, 9.17) is 0 Å². The lowest BCUT2D eigenvalue weighted by molar-refractivity contribution is 0.0950. The molecule has 0 aromatic heterocycles. The first-order valence-electron chi connectivity index (χ1n) is 5.48. The first-order valence-corrected chi connectivity index (χ1v) is 8.08. The molecule has 3 nitrogen and oxygen atoms in total. The van der Waals surface area contributed by atoms with Crippen LogP contribution in [0.1, 0.15) is 29.6 Å². The van der Waals surface area contributed by atoms with Crippen LogP contribution < -0.4 is 5.32 Å². The van der Waals surface area contributed by atoms with Crippen molar-refractivity contribution in [1.82, 2.24) is 5.32 Å². The van der Waals surface area contributed by atoms with Crippen molar-refractivity contribution in [2.24, 2.45) is 0 Å². The Morgan fingerprint density at radius 1 is 1.29 bits per heavy atom. The largest absolute Gasteiger partial charge is 0.507 e. The highest BCUT2D eigenvalue weighted by Crippen LogP contribution is 2.19. The Morgan fingerprint density at radius 3 is 2.76 bits per heavy atom. The topological polar surface area (TPSA) is 49.3 Å². The highest BCUT2D eigenvalue weighted by molar-refractivity contribution is 14.1. The van der Waals surface area contributed by atoms with Crippen LogP contribution in [0.25, 0.3) is 0 Å². The second-order valence-corrected chi connectivity index (χ2v) is 5.99. The maximum Gasteiger partial charge on any atom is 0.255 e. The average Bonchev–Trinajstić information content (AvgIpc) is 2.32. The van der Waals surface area contributed by atoms with Crippen molar-refractivity contribution in [3.63, 3.8) is 0 Å². The molecule has 0 heterocycles. The summed E-state index contributed by atoms with van der Waals surface area (Å²) in [6, 6.07) is 5.01. The molecule has 1 amide bonds. The number of hydrogen-bond acceptors (Lipinski definition) is 2. The van der Waals surface area contributed by atoms with Crippen LogP contribution in [0.3, 0.4) is 0 Å². The van der Waals surface area contributed by atoms with Crippen LogP contribution in [0.2, 0.25) is 0 Å². The maximum atomic E-state index is 11.8. The van der Waals surface area contributed by atoms with Gasteiger partial charge in [-0.1, -0.05) is 29.0 Å². The van der Waals surface area contributed by atoms with E-state index in [0.717, 1.165) is 20.8 Å². The number of carbonyl (C=O) groups excluding carboxylic acids is 1. The van der Waals surface area contributed by atoms with E-state index in [1.54, 1.807) is 18.2 Å². The van der Waals surface area contributed by atoms with Gasteiger partial charge in [0.25, 0.3) is 5.91 Å². The van der Waals surface area contributed by atoms with Crippen molar-refractivity contribution in [1.29, 1.82) is 0 Å². The van der Waals surface area contributed by atoms with Crippen molar-refractivity contribution in [2.45, 2.75) is 19.3 Å². The minimum atomic E-state index is -0.199. The normalized spacial score (nSPS) is 10.2. The highest BCUT2D eigenvalue weighted by atomic mass is 127. The predicted molar refractivity (Wildman–Crippen MR) is 85.9 cm³/mol. The van der Waals surface area contributed by atoms with Crippen LogP contribution in [-0.4, -0.2) is 22.0 Å². The van der Waals surface area contributed by atoms with Crippen LogP contribution in [0.15, 0.2) is 18.2 Å². The molecule has 0 radical (unpaired) electrons. The minimum absolute atomic E-state index is 0.0372. The van der Waals surface area contributed by atoms with Gasteiger partial charge < -0.3 is 10.4 Å². The molecule has 0 fully saturated rings. The minimum Gasteiger partial charge on any atom is -0.507 e. The zero-order chi connectivity index (χ0) is 12.7. The van der Waals surface area contributed by atoms with Crippen LogP contribution >= 0.6 is 45.2 Å². The van der Waals surface area contributed by atoms with Gasteiger partial charge in [-0.3, -0.25) is 4.79 Å². The third kappa shape index (κ3) is 5.41. The maximum absolute atomic E-state index is 11.8. The molecule has 1 aromatic carbocycles. The lowest BCUT2D eigenvalue weighted by Crippen LogP contribution is -2.24. The fourth-order valence-corrected chi connectivity index (χ4v) is 2.41. The number of nitrogens with one attached hydrogen (secondary N) is 1. The standard InChI is InChI=1S/C12H15I2NO2/c13-6-2-1-3-7-15-12(17)10-8-9(14)4-5-11(10)16/h4-5,8,16H,1-3,6-7H2,(H,15,17). The fourth-order valence-electron chi connectivity index (χ4n) is 1.38. The van der Waals surface area contributed by atoms with Gasteiger partial charge in [0.2, 0.25) is 0 Å². The molecular weight excluding hydrogens is 444 g/mol. The highest BCUT2D eigenvalue weighted by Gasteiger charge is 2.10. The molecule has 1 rings (SSSR count). The second kappa shape index (κ2) is 8.12. The van der Waals surface area contributed by atoms with Gasteiger partial charge in [-0.25, -0.2) is 0 Å². The molecule has 0 saturated carbocycles. The van der Waals surface area contributed by atoms with E-state index in [9.17, 15) is 9.90 Å². The molecule has 0 aliphatic rings. The first kappa shape index (κ1) is 15.0. The quantitative estimate of drug-likeness (QED) is 0.390. The summed E-state index contributed by atoms with van der Waals surface area (Å²) in [5.41, 5.74) is 0.353. The summed E-state index contributed by atoms with van der Waals surface area (Å²) in [5.74, 6) is -0.161. The Morgan fingerprint density at radius 2 is 2.06 bits per heavy atom. The van der Waals surface area contributed by atoms with E-state index in [-0.39, 0.29) is 11.7 Å². The predicted octanol–water partition coefficient (Wildman–Crippen LogP) is 3.33. The molecule has 5 heteroatoms. The molecule has 0 bridgehead atoms. The van der Waals surface area contributed by atoms with Crippen molar-refractivity contribution >= 4 is 51.1 Å². The number of halogens is 2. The summed E-state index contributed by atoms with van der Waals surface area (Å²) in [7, 11) is 0. The Balaban J connectivity index is 2.44. The third-order valence-electron chi connectivity index (χ3n) is 2.30. The summed E-state index contributed by atoms with van der Waals surface area (Å²) < 4.78 is 2.10. The molecule has 0 unspecified atom stereocenters. The van der Waals surface area contributed by atoms with E-state index in [0.29, 0.717) is 12.1 Å². The van der Waals surface area contributed by atoms with E-state index in [1.807, 2.05) is 0 Å². The van der Waals surface area contributed by atoms with Crippen LogP contribution in [0.4, 0.5) is 0 Å². The number of alkyl halides is 1. The Kier molecular flexibility index (Phi) is 7.17. The molecule has 0 aliphatic heterocycles. The number of amides is 1. The summed E-state index contributed by atoms with van der Waals surface area (Å²) in [4.78, 5) is 11.8. The van der Waals surface area contributed by atoms with E-state index >= 15 is 0 Å². The number of carbonyl (C=O) groups is 1. The Hall–Kier alpha value is -0.0500.